The topological polar surface area (TPSA) is 110 Å². The third kappa shape index (κ3) is 3.27. The predicted octanol–water partition coefficient (Wildman–Crippen LogP) is 3.05. The van der Waals surface area contributed by atoms with Gasteiger partial charge >= 0.3 is 0 Å². The van der Waals surface area contributed by atoms with Crippen LogP contribution in [0.15, 0.2) is 61.1 Å². The van der Waals surface area contributed by atoms with E-state index in [1.165, 1.54) is 0 Å². The number of aromatic nitrogens is 4. The predicted molar refractivity (Wildman–Crippen MR) is 115 cm³/mol. The maximum atomic E-state index is 12.3. The number of anilines is 2. The van der Waals surface area contributed by atoms with Crippen LogP contribution in [0.4, 0.5) is 11.5 Å². The molecule has 0 radical (unpaired) electrons. The molecule has 1 aliphatic heterocycles. The van der Waals surface area contributed by atoms with E-state index in [0.29, 0.717) is 17.2 Å². The number of pyridine rings is 1. The molecular formula is C22H21N7O. The van der Waals surface area contributed by atoms with Crippen molar-refractivity contribution in [3.8, 4) is 11.3 Å². The Kier molecular flexibility index (Phi) is 4.61. The van der Waals surface area contributed by atoms with Gasteiger partial charge in [-0.05, 0) is 43.7 Å². The lowest BCUT2D eigenvalue weighted by molar-refractivity contribution is 0.102. The second-order valence-corrected chi connectivity index (χ2v) is 7.25. The van der Waals surface area contributed by atoms with E-state index >= 15 is 0 Å². The quantitative estimate of drug-likeness (QED) is 0.486. The lowest BCUT2D eigenvalue weighted by Crippen LogP contribution is -2.16. The summed E-state index contributed by atoms with van der Waals surface area (Å²) in [6.07, 6.45) is 7.36. The van der Waals surface area contributed by atoms with E-state index in [4.69, 9.17) is 10.7 Å². The number of amides is 1. The Labute approximate surface area is 173 Å². The molecule has 1 aliphatic rings. The Bertz CT molecular complexity index is 1200. The molecular weight excluding hydrogens is 378 g/mol. The number of rotatable bonds is 4. The van der Waals surface area contributed by atoms with E-state index in [-0.39, 0.29) is 11.9 Å². The summed E-state index contributed by atoms with van der Waals surface area (Å²) >= 11 is 0. The van der Waals surface area contributed by atoms with Crippen molar-refractivity contribution in [2.75, 3.05) is 17.6 Å². The molecule has 4 heterocycles. The van der Waals surface area contributed by atoms with E-state index in [9.17, 15) is 4.79 Å². The summed E-state index contributed by atoms with van der Waals surface area (Å²) < 4.78 is 2.03. The summed E-state index contributed by atoms with van der Waals surface area (Å²) in [4.78, 5) is 25.6. The summed E-state index contributed by atoms with van der Waals surface area (Å²) in [5.41, 5.74) is 9.75. The van der Waals surface area contributed by atoms with Crippen LogP contribution in [0.25, 0.3) is 16.8 Å². The van der Waals surface area contributed by atoms with Crippen LogP contribution in [0.3, 0.4) is 0 Å². The number of imidazole rings is 1. The molecule has 4 aromatic rings. The Morgan fingerprint density at radius 3 is 2.73 bits per heavy atom. The molecule has 8 heteroatoms. The van der Waals surface area contributed by atoms with Crippen LogP contribution >= 0.6 is 0 Å². The smallest absolute Gasteiger partial charge is 0.274 e. The van der Waals surface area contributed by atoms with Crippen molar-refractivity contribution in [3.63, 3.8) is 0 Å². The van der Waals surface area contributed by atoms with Gasteiger partial charge in [0.15, 0.2) is 0 Å². The molecule has 0 bridgehead atoms. The van der Waals surface area contributed by atoms with Gasteiger partial charge in [-0.1, -0.05) is 18.2 Å². The number of nitrogens with two attached hydrogens (primary N) is 1. The van der Waals surface area contributed by atoms with Crippen molar-refractivity contribution in [1.29, 1.82) is 0 Å². The van der Waals surface area contributed by atoms with Crippen molar-refractivity contribution in [3.05, 3.63) is 72.6 Å². The van der Waals surface area contributed by atoms with Crippen molar-refractivity contribution in [2.45, 2.75) is 18.9 Å². The molecule has 1 fully saturated rings. The minimum Gasteiger partial charge on any atom is -0.382 e. The summed E-state index contributed by atoms with van der Waals surface area (Å²) in [6, 6.07) is 13.0. The first-order valence-electron chi connectivity index (χ1n) is 9.89. The van der Waals surface area contributed by atoms with Gasteiger partial charge in [-0.3, -0.25) is 14.2 Å². The van der Waals surface area contributed by atoms with Gasteiger partial charge in [0.2, 0.25) is 0 Å². The highest BCUT2D eigenvalue weighted by molar-refractivity contribution is 6.03. The van der Waals surface area contributed by atoms with E-state index in [2.05, 4.69) is 20.6 Å². The van der Waals surface area contributed by atoms with Crippen LogP contribution in [-0.2, 0) is 0 Å². The number of fused-ring (bicyclic) bond motifs is 1. The molecule has 4 N–H and O–H groups in total. The Morgan fingerprint density at radius 2 is 2.00 bits per heavy atom. The average molecular weight is 399 g/mol. The minimum atomic E-state index is -0.251. The number of benzene rings is 1. The summed E-state index contributed by atoms with van der Waals surface area (Å²) in [5, 5.41) is 6.36. The fourth-order valence-corrected chi connectivity index (χ4v) is 3.84. The van der Waals surface area contributed by atoms with Gasteiger partial charge in [-0.15, -0.1) is 0 Å². The van der Waals surface area contributed by atoms with Crippen molar-refractivity contribution in [1.82, 2.24) is 24.7 Å². The largest absolute Gasteiger partial charge is 0.382 e. The van der Waals surface area contributed by atoms with Gasteiger partial charge in [0.25, 0.3) is 5.91 Å². The highest BCUT2D eigenvalue weighted by Gasteiger charge is 2.24. The SMILES string of the molecule is Nc1nccn2c([C@@H]3CCCN3)nc(-c3ccc(NC(=O)c4ccccn4)cc3)c12. The molecule has 1 aromatic carbocycles. The summed E-state index contributed by atoms with van der Waals surface area (Å²) in [5.74, 6) is 1.13. The zero-order valence-corrected chi connectivity index (χ0v) is 16.2. The molecule has 0 aliphatic carbocycles. The molecule has 8 nitrogen and oxygen atoms in total. The Balaban J connectivity index is 1.48. The lowest BCUT2D eigenvalue weighted by Gasteiger charge is -2.08. The highest BCUT2D eigenvalue weighted by Crippen LogP contribution is 2.32. The van der Waals surface area contributed by atoms with Gasteiger partial charge in [0.1, 0.15) is 28.5 Å². The number of nitrogen functional groups attached to an aromatic ring is 1. The standard InChI is InChI=1S/C22H21N7O/c23-20-19-18(28-21(16-5-3-11-24-16)29(19)13-12-26-20)14-6-8-15(9-7-14)27-22(30)17-4-1-2-10-25-17/h1-2,4,6-10,12-13,16,24H,3,5,11H2,(H2,23,26)(H,27,30)/t16-/m0/s1. The molecule has 150 valence electrons. The van der Waals surface area contributed by atoms with Crippen LogP contribution in [0.2, 0.25) is 0 Å². The molecule has 1 atom stereocenters. The van der Waals surface area contributed by atoms with E-state index in [0.717, 1.165) is 42.0 Å². The second-order valence-electron chi connectivity index (χ2n) is 7.25. The van der Waals surface area contributed by atoms with Crippen molar-refractivity contribution < 1.29 is 4.79 Å². The van der Waals surface area contributed by atoms with Gasteiger partial charge in [-0.25, -0.2) is 9.97 Å². The van der Waals surface area contributed by atoms with Crippen LogP contribution in [0.1, 0.15) is 35.2 Å². The molecule has 30 heavy (non-hydrogen) atoms. The Morgan fingerprint density at radius 1 is 1.13 bits per heavy atom. The zero-order valence-electron chi connectivity index (χ0n) is 16.2. The lowest BCUT2D eigenvalue weighted by atomic mass is 10.1. The third-order valence-corrected chi connectivity index (χ3v) is 5.30. The molecule has 0 spiro atoms. The number of carbonyl (C=O) groups excluding carboxylic acids is 1. The monoisotopic (exact) mass is 399 g/mol. The zero-order chi connectivity index (χ0) is 20.5. The maximum absolute atomic E-state index is 12.3. The van der Waals surface area contributed by atoms with Gasteiger partial charge < -0.3 is 16.4 Å². The molecule has 5 rings (SSSR count). The fourth-order valence-electron chi connectivity index (χ4n) is 3.84. The van der Waals surface area contributed by atoms with E-state index < -0.39 is 0 Å². The van der Waals surface area contributed by atoms with E-state index in [1.807, 2.05) is 34.9 Å². The van der Waals surface area contributed by atoms with Crippen molar-refractivity contribution >= 4 is 22.9 Å². The van der Waals surface area contributed by atoms with Gasteiger partial charge in [0.05, 0.1) is 6.04 Å². The number of hydrogen-bond donors (Lipinski definition) is 3. The van der Waals surface area contributed by atoms with Crippen LogP contribution in [-0.4, -0.2) is 31.8 Å². The summed E-state index contributed by atoms with van der Waals surface area (Å²) in [6.45, 7) is 0.986. The minimum absolute atomic E-state index is 0.199. The molecule has 3 aromatic heterocycles. The third-order valence-electron chi connectivity index (χ3n) is 5.30. The average Bonchev–Trinajstić information content (AvgIpc) is 3.43. The number of carbonyl (C=O) groups is 1. The first-order chi connectivity index (χ1) is 14.7. The first kappa shape index (κ1) is 18.3. The van der Waals surface area contributed by atoms with Crippen molar-refractivity contribution in [2.24, 2.45) is 0 Å². The normalized spacial score (nSPS) is 16.1. The van der Waals surface area contributed by atoms with Crippen LogP contribution < -0.4 is 16.4 Å². The molecule has 1 saturated heterocycles. The van der Waals surface area contributed by atoms with Crippen LogP contribution in [0.5, 0.6) is 0 Å². The number of nitrogens with one attached hydrogen (secondary N) is 2. The summed E-state index contributed by atoms with van der Waals surface area (Å²) in [7, 11) is 0. The number of hydrogen-bond acceptors (Lipinski definition) is 6. The van der Waals surface area contributed by atoms with Gasteiger partial charge in [-0.2, -0.15) is 0 Å². The Hall–Kier alpha value is -3.78. The second kappa shape index (κ2) is 7.57. The molecule has 1 amide bonds. The first-order valence-corrected chi connectivity index (χ1v) is 9.89. The molecule has 0 unspecified atom stereocenters. The van der Waals surface area contributed by atoms with E-state index in [1.54, 1.807) is 30.6 Å². The van der Waals surface area contributed by atoms with Crippen LogP contribution in [0, 0.1) is 0 Å². The number of nitrogens with zero attached hydrogens (tertiary/aromatic N) is 4. The maximum Gasteiger partial charge on any atom is 0.274 e. The fraction of sp³-hybridized carbons (Fsp3) is 0.182. The molecule has 0 saturated carbocycles. The highest BCUT2D eigenvalue weighted by atomic mass is 16.1. The van der Waals surface area contributed by atoms with Gasteiger partial charge in [0, 0.05) is 29.8 Å².